The van der Waals surface area contributed by atoms with Gasteiger partial charge in [0.25, 0.3) is 5.91 Å². The third-order valence-corrected chi connectivity index (χ3v) is 3.46. The van der Waals surface area contributed by atoms with Gasteiger partial charge in [-0.1, -0.05) is 11.6 Å². The summed E-state index contributed by atoms with van der Waals surface area (Å²) in [6.45, 7) is 2.41. The molecule has 2 N–H and O–H groups in total. The van der Waals surface area contributed by atoms with Crippen molar-refractivity contribution in [3.8, 4) is 0 Å². The first-order chi connectivity index (χ1) is 10.0. The number of hydrogen-bond acceptors (Lipinski definition) is 4. The van der Waals surface area contributed by atoms with E-state index < -0.39 is 6.10 Å². The molecule has 1 aromatic carbocycles. The molecule has 2 aromatic rings. The average Bonchev–Trinajstić information content (AvgIpc) is 2.76. The molecular weight excluding hydrogens is 294 g/mol. The second-order valence-corrected chi connectivity index (χ2v) is 5.29. The van der Waals surface area contributed by atoms with Crippen LogP contribution in [0.25, 0.3) is 11.0 Å². The molecule has 2 rings (SSSR count). The molecule has 0 saturated heterocycles. The maximum atomic E-state index is 12.1. The first-order valence-electron chi connectivity index (χ1n) is 6.66. The molecule has 0 aliphatic heterocycles. The smallest absolute Gasteiger partial charge is 0.287 e. The molecule has 1 aromatic heterocycles. The van der Waals surface area contributed by atoms with Crippen molar-refractivity contribution in [2.24, 2.45) is 0 Å². The van der Waals surface area contributed by atoms with Crippen molar-refractivity contribution >= 4 is 28.5 Å². The predicted molar refractivity (Wildman–Crippen MR) is 80.8 cm³/mol. The summed E-state index contributed by atoms with van der Waals surface area (Å²) in [5, 5.41) is 13.7. The minimum Gasteiger partial charge on any atom is -0.451 e. The maximum absolute atomic E-state index is 12.1. The molecule has 1 unspecified atom stereocenters. The summed E-state index contributed by atoms with van der Waals surface area (Å²) in [4.78, 5) is 12.1. The van der Waals surface area contributed by atoms with Gasteiger partial charge in [-0.25, -0.2) is 0 Å². The highest BCUT2D eigenvalue weighted by molar-refractivity contribution is 6.31. The van der Waals surface area contributed by atoms with Gasteiger partial charge >= 0.3 is 0 Å². The van der Waals surface area contributed by atoms with E-state index in [-0.39, 0.29) is 18.3 Å². The number of furan rings is 1. The van der Waals surface area contributed by atoms with Gasteiger partial charge in [-0.2, -0.15) is 0 Å². The lowest BCUT2D eigenvalue weighted by atomic mass is 10.1. The lowest BCUT2D eigenvalue weighted by Gasteiger charge is -2.09. The predicted octanol–water partition coefficient (Wildman–Crippen LogP) is 2.52. The number of methoxy groups -OCH3 is 1. The van der Waals surface area contributed by atoms with Crippen LogP contribution in [0.2, 0.25) is 5.02 Å². The van der Waals surface area contributed by atoms with E-state index >= 15 is 0 Å². The highest BCUT2D eigenvalue weighted by Crippen LogP contribution is 2.27. The summed E-state index contributed by atoms with van der Waals surface area (Å²) in [7, 11) is 1.52. The van der Waals surface area contributed by atoms with Crippen LogP contribution in [0.4, 0.5) is 0 Å². The third kappa shape index (κ3) is 3.75. The second-order valence-electron chi connectivity index (χ2n) is 4.85. The number of rotatable bonds is 6. The number of aliphatic hydroxyl groups is 1. The number of carbonyl (C=O) groups is 1. The van der Waals surface area contributed by atoms with Gasteiger partial charge in [0, 0.05) is 29.6 Å². The first kappa shape index (κ1) is 15.8. The minimum atomic E-state index is -0.592. The minimum absolute atomic E-state index is 0.248. The molecule has 0 spiro atoms. The normalized spacial score (nSPS) is 12.6. The molecule has 1 heterocycles. The fourth-order valence-electron chi connectivity index (χ4n) is 2.12. The number of hydrogen-bond donors (Lipinski definition) is 2. The number of nitrogens with one attached hydrogen (secondary N) is 1. The van der Waals surface area contributed by atoms with Crippen LogP contribution in [-0.4, -0.2) is 37.4 Å². The number of aryl methyl sites for hydroxylation is 1. The molecule has 0 fully saturated rings. The van der Waals surface area contributed by atoms with Crippen LogP contribution < -0.4 is 5.32 Å². The number of amides is 1. The van der Waals surface area contributed by atoms with Gasteiger partial charge in [0.15, 0.2) is 5.76 Å². The van der Waals surface area contributed by atoms with E-state index in [4.69, 9.17) is 20.8 Å². The summed E-state index contributed by atoms with van der Waals surface area (Å²) in [5.74, 6) is -0.0297. The van der Waals surface area contributed by atoms with Crippen LogP contribution in [0.15, 0.2) is 22.6 Å². The molecule has 0 aliphatic rings. The number of aliphatic hydroxyl groups excluding tert-OH is 1. The Hall–Kier alpha value is -1.56. The summed E-state index contributed by atoms with van der Waals surface area (Å²) in [5.41, 5.74) is 1.38. The van der Waals surface area contributed by atoms with Crippen LogP contribution in [0, 0.1) is 6.92 Å². The molecule has 1 amide bonds. The molecule has 0 bridgehead atoms. The van der Waals surface area contributed by atoms with Crippen molar-refractivity contribution in [2.75, 3.05) is 20.3 Å². The lowest BCUT2D eigenvalue weighted by Crippen LogP contribution is -2.28. The van der Waals surface area contributed by atoms with E-state index in [1.54, 1.807) is 18.2 Å². The van der Waals surface area contributed by atoms with E-state index in [9.17, 15) is 9.90 Å². The monoisotopic (exact) mass is 311 g/mol. The van der Waals surface area contributed by atoms with E-state index in [2.05, 4.69) is 5.32 Å². The molecule has 0 aliphatic carbocycles. The summed E-state index contributed by atoms with van der Waals surface area (Å²) in [6.07, 6.45) is -0.170. The van der Waals surface area contributed by atoms with Crippen molar-refractivity contribution < 1.29 is 19.1 Å². The Kier molecular flexibility index (Phi) is 5.22. The molecule has 6 heteroatoms. The summed E-state index contributed by atoms with van der Waals surface area (Å²) in [6, 6.07) is 5.23. The molecule has 114 valence electrons. The van der Waals surface area contributed by atoms with Gasteiger partial charge in [-0.05, 0) is 31.5 Å². The Morgan fingerprint density at radius 2 is 2.29 bits per heavy atom. The van der Waals surface area contributed by atoms with E-state index in [0.717, 1.165) is 10.9 Å². The molecule has 21 heavy (non-hydrogen) atoms. The van der Waals surface area contributed by atoms with Crippen LogP contribution in [0.3, 0.4) is 0 Å². The third-order valence-electron chi connectivity index (χ3n) is 3.23. The molecule has 5 nitrogen and oxygen atoms in total. The Morgan fingerprint density at radius 3 is 3.00 bits per heavy atom. The molecular formula is C15H18ClNO4. The second kappa shape index (κ2) is 6.93. The number of halogens is 1. The van der Waals surface area contributed by atoms with Crippen LogP contribution >= 0.6 is 11.6 Å². The van der Waals surface area contributed by atoms with Crippen molar-refractivity contribution in [1.29, 1.82) is 0 Å². The Morgan fingerprint density at radius 1 is 1.52 bits per heavy atom. The van der Waals surface area contributed by atoms with Crippen molar-refractivity contribution in [3.63, 3.8) is 0 Å². The first-order valence-corrected chi connectivity index (χ1v) is 7.04. The van der Waals surface area contributed by atoms with Gasteiger partial charge in [-0.15, -0.1) is 0 Å². The SMILES string of the molecule is COCC(O)CCNC(=O)c1oc2ccc(Cl)cc2c1C. The standard InChI is InChI=1S/C15H18ClNO4/c1-9-12-7-10(16)3-4-13(12)21-14(9)15(19)17-6-5-11(18)8-20-2/h3-4,7,11,18H,5-6,8H2,1-2H3,(H,17,19). The summed E-state index contributed by atoms with van der Waals surface area (Å²) >= 11 is 5.95. The number of fused-ring (bicyclic) bond motifs is 1. The van der Waals surface area contributed by atoms with Gasteiger partial charge in [0.05, 0.1) is 12.7 Å². The Bertz CT molecular complexity index is 638. The topological polar surface area (TPSA) is 71.7 Å². The zero-order valence-corrected chi connectivity index (χ0v) is 12.7. The number of ether oxygens (including phenoxy) is 1. The molecule has 0 saturated carbocycles. The van der Waals surface area contributed by atoms with Gasteiger partial charge in [0.1, 0.15) is 5.58 Å². The van der Waals surface area contributed by atoms with Crippen LogP contribution in [0.5, 0.6) is 0 Å². The van der Waals surface area contributed by atoms with Crippen molar-refractivity contribution in [1.82, 2.24) is 5.32 Å². The van der Waals surface area contributed by atoms with Crippen LogP contribution in [-0.2, 0) is 4.74 Å². The highest BCUT2D eigenvalue weighted by atomic mass is 35.5. The zero-order chi connectivity index (χ0) is 15.4. The lowest BCUT2D eigenvalue weighted by molar-refractivity contribution is 0.0586. The van der Waals surface area contributed by atoms with Gasteiger partial charge < -0.3 is 19.6 Å². The van der Waals surface area contributed by atoms with Gasteiger partial charge in [0.2, 0.25) is 0 Å². The molecule has 0 radical (unpaired) electrons. The number of carbonyl (C=O) groups excluding carboxylic acids is 1. The van der Waals surface area contributed by atoms with E-state index in [1.165, 1.54) is 7.11 Å². The van der Waals surface area contributed by atoms with E-state index in [1.807, 2.05) is 6.92 Å². The zero-order valence-electron chi connectivity index (χ0n) is 12.0. The highest BCUT2D eigenvalue weighted by Gasteiger charge is 2.17. The average molecular weight is 312 g/mol. The fraction of sp³-hybridized carbons (Fsp3) is 0.400. The van der Waals surface area contributed by atoms with Gasteiger partial charge in [-0.3, -0.25) is 4.79 Å². The Labute approximate surface area is 127 Å². The number of benzene rings is 1. The largest absolute Gasteiger partial charge is 0.451 e. The molecule has 1 atom stereocenters. The Balaban J connectivity index is 2.04. The quantitative estimate of drug-likeness (QED) is 0.860. The van der Waals surface area contributed by atoms with Crippen molar-refractivity contribution in [3.05, 3.63) is 34.5 Å². The summed E-state index contributed by atoms with van der Waals surface area (Å²) < 4.78 is 10.4. The van der Waals surface area contributed by atoms with E-state index in [0.29, 0.717) is 23.6 Å². The van der Waals surface area contributed by atoms with Crippen LogP contribution in [0.1, 0.15) is 22.5 Å². The maximum Gasteiger partial charge on any atom is 0.287 e. The van der Waals surface area contributed by atoms with Crippen molar-refractivity contribution in [2.45, 2.75) is 19.4 Å². The fourth-order valence-corrected chi connectivity index (χ4v) is 2.29.